The molecule has 100 valence electrons. The van der Waals surface area contributed by atoms with E-state index in [1.54, 1.807) is 6.20 Å². The summed E-state index contributed by atoms with van der Waals surface area (Å²) in [6.45, 7) is 5.50. The number of nitrogen functional groups attached to an aromatic ring is 1. The van der Waals surface area contributed by atoms with Gasteiger partial charge in [-0.2, -0.15) is 0 Å². The van der Waals surface area contributed by atoms with Gasteiger partial charge in [-0.1, -0.05) is 0 Å². The first-order chi connectivity index (χ1) is 9.16. The number of fused-ring (bicyclic) bond motifs is 1. The molecule has 0 aliphatic carbocycles. The van der Waals surface area contributed by atoms with E-state index in [2.05, 4.69) is 34.8 Å². The second kappa shape index (κ2) is 4.70. The van der Waals surface area contributed by atoms with Crippen LogP contribution in [0.2, 0.25) is 0 Å². The summed E-state index contributed by atoms with van der Waals surface area (Å²) >= 11 is 0. The minimum Gasteiger partial charge on any atom is -0.398 e. The molecule has 0 amide bonds. The van der Waals surface area contributed by atoms with Crippen molar-refractivity contribution in [2.24, 2.45) is 0 Å². The second-order valence-corrected chi connectivity index (χ2v) is 5.40. The van der Waals surface area contributed by atoms with Gasteiger partial charge in [-0.3, -0.25) is 4.98 Å². The molecule has 0 spiro atoms. The fourth-order valence-electron chi connectivity index (χ4n) is 2.95. The zero-order chi connectivity index (χ0) is 13.4. The minimum absolute atomic E-state index is 0.505. The molecule has 1 unspecified atom stereocenters. The van der Waals surface area contributed by atoms with E-state index in [4.69, 9.17) is 5.73 Å². The zero-order valence-corrected chi connectivity index (χ0v) is 11.5. The molecule has 1 aromatic heterocycles. The number of hydrogen-bond donors (Lipinski definition) is 1. The van der Waals surface area contributed by atoms with Crippen molar-refractivity contribution in [2.75, 3.05) is 37.3 Å². The average Bonchev–Trinajstić information content (AvgIpc) is 2.41. The summed E-state index contributed by atoms with van der Waals surface area (Å²) in [6, 6.07) is 6.63. The van der Waals surface area contributed by atoms with Crippen molar-refractivity contribution in [3.05, 3.63) is 30.6 Å². The molecule has 1 aromatic carbocycles. The monoisotopic (exact) mass is 256 g/mol. The molecule has 4 nitrogen and oxygen atoms in total. The minimum atomic E-state index is 0.505. The molecule has 19 heavy (non-hydrogen) atoms. The summed E-state index contributed by atoms with van der Waals surface area (Å²) in [4.78, 5) is 9.09. The van der Waals surface area contributed by atoms with Gasteiger partial charge in [-0.05, 0) is 32.2 Å². The van der Waals surface area contributed by atoms with Gasteiger partial charge in [-0.15, -0.1) is 0 Å². The summed E-state index contributed by atoms with van der Waals surface area (Å²) < 4.78 is 0. The van der Waals surface area contributed by atoms with Crippen LogP contribution in [0.1, 0.15) is 6.92 Å². The molecule has 2 N–H and O–H groups in total. The predicted octanol–water partition coefficient (Wildman–Crippen LogP) is 1.96. The van der Waals surface area contributed by atoms with Gasteiger partial charge in [-0.25, -0.2) is 0 Å². The Hall–Kier alpha value is -1.81. The van der Waals surface area contributed by atoms with Crippen molar-refractivity contribution in [1.29, 1.82) is 0 Å². The molecule has 3 rings (SSSR count). The van der Waals surface area contributed by atoms with Crippen molar-refractivity contribution in [2.45, 2.75) is 13.0 Å². The topological polar surface area (TPSA) is 45.4 Å². The predicted molar refractivity (Wildman–Crippen MR) is 80.5 cm³/mol. The quantitative estimate of drug-likeness (QED) is 0.792. The molecular formula is C15H20N4. The molecule has 0 bridgehead atoms. The number of aromatic nitrogens is 1. The summed E-state index contributed by atoms with van der Waals surface area (Å²) in [5.74, 6) is 0. The van der Waals surface area contributed by atoms with E-state index in [9.17, 15) is 0 Å². The summed E-state index contributed by atoms with van der Waals surface area (Å²) in [5.41, 5.74) is 8.13. The highest BCUT2D eigenvalue weighted by Crippen LogP contribution is 2.32. The normalized spacial score (nSPS) is 20.9. The van der Waals surface area contributed by atoms with Crippen molar-refractivity contribution in [3.63, 3.8) is 0 Å². The van der Waals surface area contributed by atoms with Gasteiger partial charge in [0.05, 0.1) is 0 Å². The molecule has 1 saturated heterocycles. The molecule has 2 aromatic rings. The SMILES string of the molecule is CC1CN(C)CCN1c1ccc(N)c2ccncc12. The molecule has 0 radical (unpaired) electrons. The second-order valence-electron chi connectivity index (χ2n) is 5.40. The van der Waals surface area contributed by atoms with Crippen LogP contribution in [0, 0.1) is 0 Å². The van der Waals surface area contributed by atoms with E-state index in [1.165, 1.54) is 5.69 Å². The van der Waals surface area contributed by atoms with Crippen LogP contribution in [0.25, 0.3) is 10.8 Å². The maximum absolute atomic E-state index is 6.06. The number of nitrogens with zero attached hydrogens (tertiary/aromatic N) is 3. The molecule has 1 fully saturated rings. The number of hydrogen-bond acceptors (Lipinski definition) is 4. The van der Waals surface area contributed by atoms with Gasteiger partial charge in [0.2, 0.25) is 0 Å². The van der Waals surface area contributed by atoms with Gasteiger partial charge < -0.3 is 15.5 Å². The summed E-state index contributed by atoms with van der Waals surface area (Å²) in [6.07, 6.45) is 3.72. The number of pyridine rings is 1. The first-order valence-corrected chi connectivity index (χ1v) is 6.74. The highest BCUT2D eigenvalue weighted by molar-refractivity contribution is 6.00. The Morgan fingerprint density at radius 2 is 2.05 bits per heavy atom. The Balaban J connectivity index is 2.08. The lowest BCUT2D eigenvalue weighted by Gasteiger charge is -2.40. The maximum atomic E-state index is 6.06. The molecule has 1 aliphatic heterocycles. The van der Waals surface area contributed by atoms with Crippen LogP contribution in [-0.4, -0.2) is 42.6 Å². The fraction of sp³-hybridized carbons (Fsp3) is 0.400. The van der Waals surface area contributed by atoms with Crippen LogP contribution in [0.4, 0.5) is 11.4 Å². The van der Waals surface area contributed by atoms with Crippen molar-refractivity contribution in [1.82, 2.24) is 9.88 Å². The Kier molecular flexibility index (Phi) is 3.03. The van der Waals surface area contributed by atoms with Crippen LogP contribution in [0.3, 0.4) is 0 Å². The number of piperazine rings is 1. The van der Waals surface area contributed by atoms with Gasteiger partial charge in [0.1, 0.15) is 0 Å². The standard InChI is InChI=1S/C15H20N4/c1-11-10-18(2)7-8-19(11)15-4-3-14(16)12-5-6-17-9-13(12)15/h3-6,9,11H,7-8,10,16H2,1-2H3. The number of nitrogens with two attached hydrogens (primary N) is 1. The molecule has 0 saturated carbocycles. The number of benzene rings is 1. The van der Waals surface area contributed by atoms with E-state index in [-0.39, 0.29) is 0 Å². The van der Waals surface area contributed by atoms with Crippen LogP contribution in [0.5, 0.6) is 0 Å². The highest BCUT2D eigenvalue weighted by Gasteiger charge is 2.23. The fourth-order valence-corrected chi connectivity index (χ4v) is 2.95. The van der Waals surface area contributed by atoms with Gasteiger partial charge in [0.25, 0.3) is 0 Å². The lowest BCUT2D eigenvalue weighted by atomic mass is 10.1. The van der Waals surface area contributed by atoms with Crippen molar-refractivity contribution < 1.29 is 0 Å². The lowest BCUT2D eigenvalue weighted by molar-refractivity contribution is 0.276. The Bertz CT molecular complexity index is 596. The van der Waals surface area contributed by atoms with Crippen molar-refractivity contribution in [3.8, 4) is 0 Å². The first-order valence-electron chi connectivity index (χ1n) is 6.74. The number of rotatable bonds is 1. The van der Waals surface area contributed by atoms with Crippen LogP contribution in [0.15, 0.2) is 30.6 Å². The Morgan fingerprint density at radius 3 is 2.84 bits per heavy atom. The van der Waals surface area contributed by atoms with E-state index < -0.39 is 0 Å². The molecule has 2 heterocycles. The highest BCUT2D eigenvalue weighted by atomic mass is 15.3. The Morgan fingerprint density at radius 1 is 1.21 bits per heavy atom. The largest absolute Gasteiger partial charge is 0.398 e. The zero-order valence-electron chi connectivity index (χ0n) is 11.5. The summed E-state index contributed by atoms with van der Waals surface area (Å²) in [5, 5.41) is 2.25. The molecule has 1 atom stereocenters. The van der Waals surface area contributed by atoms with Crippen LogP contribution < -0.4 is 10.6 Å². The first kappa shape index (κ1) is 12.2. The van der Waals surface area contributed by atoms with Gasteiger partial charge >= 0.3 is 0 Å². The number of likely N-dealkylation sites (N-methyl/N-ethyl adjacent to an activating group) is 1. The van der Waals surface area contributed by atoms with Gasteiger partial charge in [0, 0.05) is 60.2 Å². The average molecular weight is 256 g/mol. The number of anilines is 2. The van der Waals surface area contributed by atoms with Crippen LogP contribution >= 0.6 is 0 Å². The third kappa shape index (κ3) is 2.12. The third-order valence-electron chi connectivity index (χ3n) is 3.97. The van der Waals surface area contributed by atoms with E-state index in [0.717, 1.165) is 36.1 Å². The van der Waals surface area contributed by atoms with Crippen LogP contribution in [-0.2, 0) is 0 Å². The smallest absolute Gasteiger partial charge is 0.0466 e. The third-order valence-corrected chi connectivity index (χ3v) is 3.97. The summed E-state index contributed by atoms with van der Waals surface area (Å²) in [7, 11) is 2.18. The Labute approximate surface area is 113 Å². The van der Waals surface area contributed by atoms with Gasteiger partial charge in [0.15, 0.2) is 0 Å². The van der Waals surface area contributed by atoms with Crippen molar-refractivity contribution >= 4 is 22.1 Å². The molecular weight excluding hydrogens is 236 g/mol. The maximum Gasteiger partial charge on any atom is 0.0466 e. The molecule has 1 aliphatic rings. The van der Waals surface area contributed by atoms with E-state index in [0.29, 0.717) is 6.04 Å². The lowest BCUT2D eigenvalue weighted by Crippen LogP contribution is -2.50. The molecule has 4 heteroatoms. The van der Waals surface area contributed by atoms with E-state index >= 15 is 0 Å². The van der Waals surface area contributed by atoms with E-state index in [1.807, 2.05) is 18.3 Å².